The molecule has 3 rings (SSSR count). The first-order valence-corrected chi connectivity index (χ1v) is 14.6. The molecular weight excluding hydrogens is 513 g/mol. The van der Waals surface area contributed by atoms with Gasteiger partial charge >= 0.3 is 0 Å². The van der Waals surface area contributed by atoms with Crippen LogP contribution < -0.4 is 5.32 Å². The van der Waals surface area contributed by atoms with Crippen molar-refractivity contribution in [1.82, 2.24) is 5.32 Å². The second-order valence-corrected chi connectivity index (χ2v) is 11.4. The Bertz CT molecular complexity index is 887. The third-order valence-electron chi connectivity index (χ3n) is 7.12. The fourth-order valence-corrected chi connectivity index (χ4v) is 5.40. The number of hydrogen-bond acceptors (Lipinski definition) is 6. The highest BCUT2D eigenvalue weighted by Gasteiger charge is 2.64. The highest BCUT2D eigenvalue weighted by atomic mass is 35.5. The lowest BCUT2D eigenvalue weighted by atomic mass is 10.1. The summed E-state index contributed by atoms with van der Waals surface area (Å²) >= 11 is 6.03. The van der Waals surface area contributed by atoms with E-state index in [1.807, 2.05) is 0 Å². The Balaban J connectivity index is 1.39. The van der Waals surface area contributed by atoms with Crippen LogP contribution in [-0.4, -0.2) is 60.7 Å². The summed E-state index contributed by atoms with van der Waals surface area (Å²) in [5, 5.41) is 13.9. The number of ether oxygens (including phenoxy) is 4. The van der Waals surface area contributed by atoms with Gasteiger partial charge in [0.2, 0.25) is 11.7 Å². The number of hydrogen-bond donors (Lipinski definition) is 2. The normalized spacial score (nSPS) is 26.0. The van der Waals surface area contributed by atoms with Crippen LogP contribution in [0.2, 0.25) is 5.02 Å². The van der Waals surface area contributed by atoms with E-state index in [9.17, 15) is 14.3 Å². The monoisotopic (exact) mass is 557 g/mol. The van der Waals surface area contributed by atoms with Gasteiger partial charge in [0.05, 0.1) is 6.42 Å². The third kappa shape index (κ3) is 9.14. The summed E-state index contributed by atoms with van der Waals surface area (Å²) in [5.41, 5.74) is 0.514. The number of halogens is 2. The van der Waals surface area contributed by atoms with E-state index in [4.69, 9.17) is 30.5 Å². The second kappa shape index (κ2) is 14.9. The quantitative estimate of drug-likeness (QED) is 0.240. The Kier molecular flexibility index (Phi) is 12.3. The van der Waals surface area contributed by atoms with Crippen molar-refractivity contribution in [2.75, 3.05) is 19.8 Å². The van der Waals surface area contributed by atoms with Crippen molar-refractivity contribution in [3.8, 4) is 0 Å². The Morgan fingerprint density at radius 1 is 1.08 bits per heavy atom. The number of amides is 1. The van der Waals surface area contributed by atoms with Crippen molar-refractivity contribution in [2.45, 2.75) is 121 Å². The molecule has 38 heavy (non-hydrogen) atoms. The summed E-state index contributed by atoms with van der Waals surface area (Å²) < 4.78 is 37.4. The van der Waals surface area contributed by atoms with Gasteiger partial charge in [-0.15, -0.1) is 0 Å². The van der Waals surface area contributed by atoms with Gasteiger partial charge in [-0.1, -0.05) is 82.4 Å². The number of carbonyl (C=O) groups excluding carboxylic acids is 1. The number of benzene rings is 1. The van der Waals surface area contributed by atoms with Gasteiger partial charge in [-0.2, -0.15) is 0 Å². The van der Waals surface area contributed by atoms with Crippen LogP contribution in [0.1, 0.15) is 90.5 Å². The maximum atomic E-state index is 13.3. The first kappa shape index (κ1) is 31.2. The second-order valence-electron chi connectivity index (χ2n) is 11.0. The third-order valence-corrected chi connectivity index (χ3v) is 7.47. The number of nitrogens with one attached hydrogen (secondary N) is 1. The molecule has 0 radical (unpaired) electrons. The van der Waals surface area contributed by atoms with Crippen LogP contribution >= 0.6 is 11.6 Å². The molecule has 0 unspecified atom stereocenters. The van der Waals surface area contributed by atoms with Gasteiger partial charge < -0.3 is 29.4 Å². The minimum absolute atomic E-state index is 0.0154. The van der Waals surface area contributed by atoms with Crippen molar-refractivity contribution < 1.29 is 33.2 Å². The molecule has 1 amide bonds. The molecule has 7 nitrogen and oxygen atoms in total. The Morgan fingerprint density at radius 3 is 2.39 bits per heavy atom. The summed E-state index contributed by atoms with van der Waals surface area (Å²) in [7, 11) is 0. The largest absolute Gasteiger partial charge is 0.387 e. The zero-order valence-electron chi connectivity index (χ0n) is 23.1. The first-order chi connectivity index (χ1) is 18.2. The van der Waals surface area contributed by atoms with Crippen molar-refractivity contribution in [3.05, 3.63) is 34.6 Å². The van der Waals surface area contributed by atoms with Gasteiger partial charge in [0.15, 0.2) is 5.79 Å². The van der Waals surface area contributed by atoms with Crippen LogP contribution in [0.25, 0.3) is 0 Å². The Morgan fingerprint density at radius 2 is 1.74 bits per heavy atom. The maximum Gasteiger partial charge on any atom is 0.224 e. The van der Waals surface area contributed by atoms with Crippen LogP contribution in [0.4, 0.5) is 4.39 Å². The van der Waals surface area contributed by atoms with Crippen LogP contribution in [0.3, 0.4) is 0 Å². The van der Waals surface area contributed by atoms with Gasteiger partial charge in [-0.05, 0) is 38.0 Å². The summed E-state index contributed by atoms with van der Waals surface area (Å²) in [5.74, 6) is -2.95. The molecule has 0 aromatic heterocycles. The SMILES string of the molecule is CCCCCCCCCCCCOC[C@@]12O[C@@H](CNC(=O)Cc3ccc(F)cc3Cl)[C@@H](O)[C@@H]1OC(C)(C)O2. The lowest BCUT2D eigenvalue weighted by molar-refractivity contribution is -0.277. The summed E-state index contributed by atoms with van der Waals surface area (Å²) in [6.07, 6.45) is 10.00. The highest BCUT2D eigenvalue weighted by Crippen LogP contribution is 2.45. The van der Waals surface area contributed by atoms with Crippen LogP contribution in [0.15, 0.2) is 18.2 Å². The van der Waals surface area contributed by atoms with E-state index in [0.717, 1.165) is 12.8 Å². The minimum Gasteiger partial charge on any atom is -0.387 e. The number of fused-ring (bicyclic) bond motifs is 1. The zero-order valence-corrected chi connectivity index (χ0v) is 23.9. The lowest BCUT2D eigenvalue weighted by Crippen LogP contribution is -2.45. The number of aliphatic hydroxyl groups excluding tert-OH is 1. The van der Waals surface area contributed by atoms with Crippen molar-refractivity contribution in [1.29, 1.82) is 0 Å². The van der Waals surface area contributed by atoms with Crippen molar-refractivity contribution >= 4 is 17.5 Å². The van der Waals surface area contributed by atoms with Crippen molar-refractivity contribution in [3.63, 3.8) is 0 Å². The average molecular weight is 558 g/mol. The Labute approximate surface area is 231 Å². The fraction of sp³-hybridized carbons (Fsp3) is 0.759. The van der Waals surface area contributed by atoms with E-state index >= 15 is 0 Å². The maximum absolute atomic E-state index is 13.3. The fourth-order valence-electron chi connectivity index (χ4n) is 5.16. The molecule has 2 aliphatic rings. The summed E-state index contributed by atoms with van der Waals surface area (Å²) in [6, 6.07) is 3.91. The molecular formula is C29H45ClFNO6. The van der Waals surface area contributed by atoms with E-state index < -0.39 is 35.7 Å². The van der Waals surface area contributed by atoms with Crippen LogP contribution in [0, 0.1) is 5.82 Å². The number of carbonyl (C=O) groups is 1. The predicted octanol–water partition coefficient (Wildman–Crippen LogP) is 5.68. The van der Waals surface area contributed by atoms with E-state index in [0.29, 0.717) is 12.2 Å². The van der Waals surface area contributed by atoms with E-state index in [1.54, 1.807) is 13.8 Å². The molecule has 0 bridgehead atoms. The smallest absolute Gasteiger partial charge is 0.224 e. The van der Waals surface area contributed by atoms with Crippen LogP contribution in [0.5, 0.6) is 0 Å². The molecule has 2 fully saturated rings. The Hall–Kier alpha value is -1.29. The molecule has 1 aromatic rings. The number of unbranched alkanes of at least 4 members (excludes halogenated alkanes) is 9. The summed E-state index contributed by atoms with van der Waals surface area (Å²) in [6.45, 7) is 6.55. The number of aliphatic hydroxyl groups is 1. The molecule has 0 aliphatic carbocycles. The minimum atomic E-state index is -1.24. The zero-order chi connectivity index (χ0) is 27.6. The van der Waals surface area contributed by atoms with Gasteiger partial charge in [-0.3, -0.25) is 4.79 Å². The predicted molar refractivity (Wildman–Crippen MR) is 144 cm³/mol. The van der Waals surface area contributed by atoms with Crippen LogP contribution in [-0.2, 0) is 30.2 Å². The molecule has 0 saturated carbocycles. The van der Waals surface area contributed by atoms with Gasteiger partial charge in [0.1, 0.15) is 30.7 Å². The van der Waals surface area contributed by atoms with Gasteiger partial charge in [0.25, 0.3) is 0 Å². The van der Waals surface area contributed by atoms with E-state index in [-0.39, 0.29) is 30.5 Å². The average Bonchev–Trinajstić information content (AvgIpc) is 3.27. The summed E-state index contributed by atoms with van der Waals surface area (Å²) in [4.78, 5) is 12.5. The van der Waals surface area contributed by atoms with Crippen molar-refractivity contribution in [2.24, 2.45) is 0 Å². The number of rotatable bonds is 17. The molecule has 2 aliphatic heterocycles. The molecule has 2 N–H and O–H groups in total. The first-order valence-electron chi connectivity index (χ1n) is 14.2. The molecule has 2 saturated heterocycles. The van der Waals surface area contributed by atoms with E-state index in [1.165, 1.54) is 69.6 Å². The van der Waals surface area contributed by atoms with E-state index in [2.05, 4.69) is 12.2 Å². The molecule has 9 heteroatoms. The molecule has 4 atom stereocenters. The molecule has 2 heterocycles. The molecule has 0 spiro atoms. The lowest BCUT2D eigenvalue weighted by Gasteiger charge is -2.28. The standard InChI is InChI=1S/C29H45ClFNO6/c1-4-5-6-7-8-9-10-11-12-13-16-35-20-29-27(37-28(2,3)38-29)26(34)24(36-29)19-32-25(33)17-21-14-15-22(31)18-23(21)30/h14-15,18,24,26-27,34H,4-13,16-17,19-20H2,1-3H3,(H,32,33)/t24-,26+,27-,29-/m0/s1. The molecule has 216 valence electrons. The van der Waals surface area contributed by atoms with Gasteiger partial charge in [0, 0.05) is 18.2 Å². The van der Waals surface area contributed by atoms with Gasteiger partial charge in [-0.25, -0.2) is 4.39 Å². The topological polar surface area (TPSA) is 86.3 Å². The highest BCUT2D eigenvalue weighted by molar-refractivity contribution is 6.31. The molecule has 1 aromatic carbocycles.